The highest BCUT2D eigenvalue weighted by molar-refractivity contribution is 5.89. The van der Waals surface area contributed by atoms with E-state index >= 15 is 0 Å². The van der Waals surface area contributed by atoms with E-state index in [-0.39, 0.29) is 0 Å². The van der Waals surface area contributed by atoms with E-state index in [0.29, 0.717) is 24.8 Å². The van der Waals surface area contributed by atoms with Gasteiger partial charge in [-0.05, 0) is 36.9 Å². The van der Waals surface area contributed by atoms with Crippen LogP contribution >= 0.6 is 0 Å². The van der Waals surface area contributed by atoms with E-state index in [0.717, 1.165) is 0 Å². The van der Waals surface area contributed by atoms with Crippen molar-refractivity contribution in [2.75, 3.05) is 0 Å². The van der Waals surface area contributed by atoms with Gasteiger partial charge in [-0.1, -0.05) is 23.3 Å². The predicted octanol–water partition coefficient (Wildman–Crippen LogP) is 2.44. The summed E-state index contributed by atoms with van der Waals surface area (Å²) in [5.74, 6) is -0.430. The van der Waals surface area contributed by atoms with Crippen LogP contribution in [-0.4, -0.2) is 29.3 Å². The first kappa shape index (κ1) is 13.4. The molecule has 1 N–H and O–H groups in total. The minimum Gasteiger partial charge on any atom is -0.458 e. The van der Waals surface area contributed by atoms with Gasteiger partial charge < -0.3 is 9.84 Å². The highest BCUT2D eigenvalue weighted by Crippen LogP contribution is 2.25. The number of azide groups is 1. The zero-order chi connectivity index (χ0) is 13.7. The fourth-order valence-corrected chi connectivity index (χ4v) is 2.20. The number of hydrogen-bond acceptors (Lipinski definition) is 4. The van der Waals surface area contributed by atoms with Gasteiger partial charge in [0.15, 0.2) is 0 Å². The van der Waals surface area contributed by atoms with E-state index in [9.17, 15) is 9.90 Å². The first-order valence-electron chi connectivity index (χ1n) is 6.19. The lowest BCUT2D eigenvalue weighted by Gasteiger charge is -2.30. The molecule has 1 unspecified atom stereocenters. The number of hydrogen-bond donors (Lipinski definition) is 1. The van der Waals surface area contributed by atoms with Crippen LogP contribution in [-0.2, 0) is 4.74 Å². The standard InChI is InChI=1S/C13H15N3O3/c14-16-15-11-8-10(17)6-7-12(11)19-13(18)9-4-2-1-3-5-9/h1-5,10-12,17H,6-8H2/t10-,11-,12?/m1/s1. The number of nitrogens with zero attached hydrogens (tertiary/aromatic N) is 3. The molecule has 1 aliphatic rings. The average Bonchev–Trinajstić information content (AvgIpc) is 2.43. The highest BCUT2D eigenvalue weighted by Gasteiger charge is 2.31. The van der Waals surface area contributed by atoms with Crippen LogP contribution in [0.4, 0.5) is 0 Å². The summed E-state index contributed by atoms with van der Waals surface area (Å²) in [7, 11) is 0. The largest absolute Gasteiger partial charge is 0.458 e. The normalized spacial score (nSPS) is 26.3. The Kier molecular flexibility index (Phi) is 4.39. The van der Waals surface area contributed by atoms with Crippen LogP contribution in [0, 0.1) is 0 Å². The van der Waals surface area contributed by atoms with Crippen LogP contribution in [0.2, 0.25) is 0 Å². The van der Waals surface area contributed by atoms with E-state index in [1.165, 1.54) is 0 Å². The van der Waals surface area contributed by atoms with Crippen molar-refractivity contribution in [1.82, 2.24) is 0 Å². The zero-order valence-corrected chi connectivity index (χ0v) is 10.3. The molecule has 0 aromatic heterocycles. The summed E-state index contributed by atoms with van der Waals surface area (Å²) in [6, 6.07) is 8.17. The maximum atomic E-state index is 11.9. The van der Waals surface area contributed by atoms with Crippen LogP contribution < -0.4 is 0 Å². The van der Waals surface area contributed by atoms with Crippen molar-refractivity contribution in [3.05, 3.63) is 46.3 Å². The molecule has 0 saturated heterocycles. The van der Waals surface area contributed by atoms with E-state index in [1.54, 1.807) is 24.3 Å². The van der Waals surface area contributed by atoms with Crippen molar-refractivity contribution in [1.29, 1.82) is 0 Å². The van der Waals surface area contributed by atoms with Crippen LogP contribution in [0.15, 0.2) is 35.4 Å². The van der Waals surface area contributed by atoms with Crippen molar-refractivity contribution in [3.8, 4) is 0 Å². The highest BCUT2D eigenvalue weighted by atomic mass is 16.5. The Morgan fingerprint density at radius 2 is 2.11 bits per heavy atom. The van der Waals surface area contributed by atoms with Crippen molar-refractivity contribution in [3.63, 3.8) is 0 Å². The number of ether oxygens (including phenoxy) is 1. The first-order valence-corrected chi connectivity index (χ1v) is 6.19. The van der Waals surface area contributed by atoms with Crippen molar-refractivity contribution >= 4 is 5.97 Å². The third-order valence-electron chi connectivity index (χ3n) is 3.19. The molecule has 0 bridgehead atoms. The van der Waals surface area contributed by atoms with Gasteiger partial charge in [-0.25, -0.2) is 4.79 Å². The monoisotopic (exact) mass is 261 g/mol. The molecule has 1 aromatic carbocycles. The Labute approximate surface area is 110 Å². The van der Waals surface area contributed by atoms with Gasteiger partial charge in [0.2, 0.25) is 0 Å². The molecule has 0 amide bonds. The number of carbonyl (C=O) groups excluding carboxylic acids is 1. The van der Waals surface area contributed by atoms with Gasteiger partial charge in [0.05, 0.1) is 17.7 Å². The smallest absolute Gasteiger partial charge is 0.338 e. The summed E-state index contributed by atoms with van der Waals surface area (Å²) < 4.78 is 5.38. The molecule has 1 aromatic rings. The van der Waals surface area contributed by atoms with Gasteiger partial charge in [0, 0.05) is 4.91 Å². The maximum Gasteiger partial charge on any atom is 0.338 e. The number of esters is 1. The minimum absolute atomic E-state index is 0.330. The summed E-state index contributed by atoms with van der Waals surface area (Å²) in [4.78, 5) is 14.7. The van der Waals surface area contributed by atoms with Gasteiger partial charge in [-0.2, -0.15) is 0 Å². The Morgan fingerprint density at radius 3 is 2.79 bits per heavy atom. The third-order valence-corrected chi connectivity index (χ3v) is 3.19. The maximum absolute atomic E-state index is 11.9. The minimum atomic E-state index is -0.499. The van der Waals surface area contributed by atoms with E-state index in [4.69, 9.17) is 10.3 Å². The summed E-state index contributed by atoms with van der Waals surface area (Å²) in [5, 5.41) is 13.2. The van der Waals surface area contributed by atoms with Gasteiger partial charge in [-0.3, -0.25) is 0 Å². The van der Waals surface area contributed by atoms with Crippen LogP contribution in [0.3, 0.4) is 0 Å². The fraction of sp³-hybridized carbons (Fsp3) is 0.462. The van der Waals surface area contributed by atoms with Crippen LogP contribution in [0.1, 0.15) is 29.6 Å². The zero-order valence-electron chi connectivity index (χ0n) is 10.3. The van der Waals surface area contributed by atoms with E-state index in [2.05, 4.69) is 10.0 Å². The lowest BCUT2D eigenvalue weighted by atomic mass is 9.91. The lowest BCUT2D eigenvalue weighted by Crippen LogP contribution is -2.37. The van der Waals surface area contributed by atoms with Crippen LogP contribution in [0.25, 0.3) is 10.4 Å². The third kappa shape index (κ3) is 3.47. The number of carbonyl (C=O) groups is 1. The molecular weight excluding hydrogens is 246 g/mol. The predicted molar refractivity (Wildman–Crippen MR) is 68.4 cm³/mol. The molecule has 1 saturated carbocycles. The fourth-order valence-electron chi connectivity index (χ4n) is 2.20. The topological polar surface area (TPSA) is 95.3 Å². The molecule has 1 aliphatic carbocycles. The molecule has 6 nitrogen and oxygen atoms in total. The summed E-state index contributed by atoms with van der Waals surface area (Å²) in [5.41, 5.74) is 8.98. The Bertz CT molecular complexity index is 485. The Balaban J connectivity index is 2.04. The first-order chi connectivity index (χ1) is 9.20. The average molecular weight is 261 g/mol. The Morgan fingerprint density at radius 1 is 1.37 bits per heavy atom. The molecule has 0 radical (unpaired) electrons. The van der Waals surface area contributed by atoms with Gasteiger partial charge in [0.1, 0.15) is 6.10 Å². The molecule has 19 heavy (non-hydrogen) atoms. The molecule has 0 aliphatic heterocycles. The van der Waals surface area contributed by atoms with Crippen LogP contribution in [0.5, 0.6) is 0 Å². The molecule has 6 heteroatoms. The van der Waals surface area contributed by atoms with Gasteiger partial charge >= 0.3 is 5.97 Å². The van der Waals surface area contributed by atoms with Crippen molar-refractivity contribution in [2.45, 2.75) is 37.5 Å². The quantitative estimate of drug-likeness (QED) is 0.391. The molecular formula is C13H15N3O3. The number of aliphatic hydroxyl groups excluding tert-OH is 1. The van der Waals surface area contributed by atoms with Gasteiger partial charge in [-0.15, -0.1) is 0 Å². The molecule has 0 heterocycles. The number of benzene rings is 1. The lowest BCUT2D eigenvalue weighted by molar-refractivity contribution is -0.00412. The van der Waals surface area contributed by atoms with Crippen molar-refractivity contribution in [2.24, 2.45) is 5.11 Å². The second kappa shape index (κ2) is 6.22. The second-order valence-corrected chi connectivity index (χ2v) is 4.55. The number of aliphatic hydroxyl groups is 1. The SMILES string of the molecule is [N-]=[N+]=N[C@@H]1C[C@H](O)CCC1OC(=O)c1ccccc1. The molecule has 3 atom stereocenters. The summed E-state index contributed by atoms with van der Waals surface area (Å²) in [6.07, 6.45) is 0.416. The Hall–Kier alpha value is -2.04. The number of rotatable bonds is 3. The molecule has 2 rings (SSSR count). The summed E-state index contributed by atoms with van der Waals surface area (Å²) in [6.45, 7) is 0. The van der Waals surface area contributed by atoms with Gasteiger partial charge in [0.25, 0.3) is 0 Å². The summed E-state index contributed by atoms with van der Waals surface area (Å²) >= 11 is 0. The molecule has 0 spiro atoms. The van der Waals surface area contributed by atoms with E-state index < -0.39 is 24.2 Å². The van der Waals surface area contributed by atoms with Crippen molar-refractivity contribution < 1.29 is 14.6 Å². The second-order valence-electron chi connectivity index (χ2n) is 4.55. The molecule has 1 fully saturated rings. The molecule has 100 valence electrons. The van der Waals surface area contributed by atoms with E-state index in [1.807, 2.05) is 6.07 Å².